The van der Waals surface area contributed by atoms with E-state index in [9.17, 15) is 4.79 Å². The van der Waals surface area contributed by atoms with Crippen LogP contribution >= 0.6 is 27.3 Å². The summed E-state index contributed by atoms with van der Waals surface area (Å²) >= 11 is 5.08. The number of nitrogens with zero attached hydrogens (tertiary/aromatic N) is 3. The third-order valence-corrected chi connectivity index (χ3v) is 6.97. The van der Waals surface area contributed by atoms with Gasteiger partial charge in [0.25, 0.3) is 5.91 Å². The highest BCUT2D eigenvalue weighted by molar-refractivity contribution is 9.10. The number of anilines is 1. The number of carbonyl (C=O) groups excluding carboxylic acids is 1. The molecule has 1 fully saturated rings. The Labute approximate surface area is 177 Å². The van der Waals surface area contributed by atoms with Gasteiger partial charge in [-0.1, -0.05) is 32.0 Å². The number of aryl methyl sites for hydroxylation is 1. The number of para-hydroxylation sites is 1. The number of likely N-dealkylation sites (tertiary alicyclic amines) is 1. The maximum atomic E-state index is 12.9. The molecule has 5 nitrogen and oxygen atoms in total. The molecule has 4 rings (SSSR count). The predicted molar refractivity (Wildman–Crippen MR) is 119 cm³/mol. The molecular weight excluding hydrogens is 436 g/mol. The number of fused-ring (bicyclic) bond motifs is 1. The van der Waals surface area contributed by atoms with E-state index in [2.05, 4.69) is 50.4 Å². The van der Waals surface area contributed by atoms with Crippen molar-refractivity contribution in [3.8, 4) is 0 Å². The Kier molecular flexibility index (Phi) is 5.58. The van der Waals surface area contributed by atoms with Gasteiger partial charge >= 0.3 is 0 Å². The Morgan fingerprint density at radius 1 is 1.29 bits per heavy atom. The molecule has 1 saturated heterocycles. The molecule has 28 heavy (non-hydrogen) atoms. The van der Waals surface area contributed by atoms with Crippen molar-refractivity contribution in [3.63, 3.8) is 0 Å². The average molecular weight is 461 g/mol. The standard InChI is InChI=1S/C21H25BrN4OS/c1-13-8-14(2)10-26(9-13)11-15-12-28-21(23-15)24-20(27)19-18(22)16-6-4-5-7-17(16)25(19)3/h4-7,12-14H,8-11H2,1-3H3,(H,23,24,27). The molecule has 0 spiro atoms. The van der Waals surface area contributed by atoms with Crippen LogP contribution in [0.15, 0.2) is 34.1 Å². The zero-order valence-corrected chi connectivity index (χ0v) is 18.8. The van der Waals surface area contributed by atoms with Crippen LogP contribution in [-0.2, 0) is 13.6 Å². The predicted octanol–water partition coefficient (Wildman–Crippen LogP) is 5.13. The zero-order valence-electron chi connectivity index (χ0n) is 16.4. The van der Waals surface area contributed by atoms with Crippen molar-refractivity contribution in [2.45, 2.75) is 26.8 Å². The van der Waals surface area contributed by atoms with Gasteiger partial charge in [-0.05, 0) is 40.3 Å². The highest BCUT2D eigenvalue weighted by Crippen LogP contribution is 2.31. The number of hydrogen-bond donors (Lipinski definition) is 1. The lowest BCUT2D eigenvalue weighted by Gasteiger charge is -2.34. The van der Waals surface area contributed by atoms with Crippen LogP contribution in [0.2, 0.25) is 0 Å². The first-order valence-electron chi connectivity index (χ1n) is 9.63. The average Bonchev–Trinajstić information content (AvgIpc) is 3.17. The molecule has 0 aliphatic carbocycles. The largest absolute Gasteiger partial charge is 0.339 e. The molecule has 3 heterocycles. The normalized spacial score (nSPS) is 20.6. The number of hydrogen-bond acceptors (Lipinski definition) is 4. The summed E-state index contributed by atoms with van der Waals surface area (Å²) in [4.78, 5) is 20.0. The number of amides is 1. The maximum absolute atomic E-state index is 12.9. The van der Waals surface area contributed by atoms with Crippen molar-refractivity contribution in [1.82, 2.24) is 14.5 Å². The second kappa shape index (κ2) is 7.97. The lowest BCUT2D eigenvalue weighted by molar-refractivity contribution is 0.101. The number of rotatable bonds is 4. The molecule has 0 radical (unpaired) electrons. The van der Waals surface area contributed by atoms with Gasteiger partial charge in [0.15, 0.2) is 5.13 Å². The SMILES string of the molecule is CC1CC(C)CN(Cc2csc(NC(=O)c3c(Br)c4ccccc4n3C)n2)C1. The monoisotopic (exact) mass is 460 g/mol. The fraction of sp³-hybridized carbons (Fsp3) is 0.429. The third-order valence-electron chi connectivity index (χ3n) is 5.36. The summed E-state index contributed by atoms with van der Waals surface area (Å²) in [5, 5.41) is 6.71. The first-order chi connectivity index (χ1) is 13.4. The summed E-state index contributed by atoms with van der Waals surface area (Å²) in [6.45, 7) is 7.71. The van der Waals surface area contributed by atoms with Crippen molar-refractivity contribution < 1.29 is 4.79 Å². The van der Waals surface area contributed by atoms with Gasteiger partial charge in [-0.2, -0.15) is 0 Å². The van der Waals surface area contributed by atoms with Gasteiger partial charge in [0, 0.05) is 43.0 Å². The van der Waals surface area contributed by atoms with Crippen molar-refractivity contribution in [1.29, 1.82) is 0 Å². The van der Waals surface area contributed by atoms with Crippen LogP contribution in [-0.4, -0.2) is 33.4 Å². The quantitative estimate of drug-likeness (QED) is 0.586. The van der Waals surface area contributed by atoms with E-state index in [1.807, 2.05) is 35.9 Å². The minimum atomic E-state index is -0.147. The number of thiazole rings is 1. The van der Waals surface area contributed by atoms with Crippen LogP contribution < -0.4 is 5.32 Å². The van der Waals surface area contributed by atoms with E-state index in [4.69, 9.17) is 0 Å². The van der Waals surface area contributed by atoms with Crippen LogP contribution in [0.4, 0.5) is 5.13 Å². The highest BCUT2D eigenvalue weighted by Gasteiger charge is 2.23. The summed E-state index contributed by atoms with van der Waals surface area (Å²) in [6, 6.07) is 7.98. The van der Waals surface area contributed by atoms with E-state index in [0.29, 0.717) is 10.8 Å². The number of piperidine rings is 1. The molecule has 0 saturated carbocycles. The summed E-state index contributed by atoms with van der Waals surface area (Å²) in [5.74, 6) is 1.31. The van der Waals surface area contributed by atoms with Crippen LogP contribution in [0.3, 0.4) is 0 Å². The summed E-state index contributed by atoms with van der Waals surface area (Å²) in [5.41, 5.74) is 2.65. The van der Waals surface area contributed by atoms with Gasteiger partial charge in [0.1, 0.15) is 5.69 Å². The molecule has 1 aromatic carbocycles. The van der Waals surface area contributed by atoms with E-state index in [-0.39, 0.29) is 5.91 Å². The topological polar surface area (TPSA) is 50.2 Å². The number of halogens is 1. The minimum Gasteiger partial charge on any atom is -0.339 e. The van der Waals surface area contributed by atoms with Crippen molar-refractivity contribution >= 4 is 49.2 Å². The fourth-order valence-electron chi connectivity index (χ4n) is 4.34. The molecule has 1 amide bonds. The van der Waals surface area contributed by atoms with Crippen molar-refractivity contribution in [2.75, 3.05) is 18.4 Å². The van der Waals surface area contributed by atoms with Crippen LogP contribution in [0.25, 0.3) is 10.9 Å². The van der Waals surface area contributed by atoms with E-state index in [0.717, 1.165) is 52.5 Å². The Bertz CT molecular complexity index is 962. The lowest BCUT2D eigenvalue weighted by atomic mass is 9.92. The van der Waals surface area contributed by atoms with Crippen LogP contribution in [0, 0.1) is 11.8 Å². The number of benzene rings is 1. The molecule has 2 aromatic heterocycles. The molecule has 3 aromatic rings. The van der Waals surface area contributed by atoms with Crippen LogP contribution in [0.1, 0.15) is 36.5 Å². The van der Waals surface area contributed by atoms with Crippen molar-refractivity contribution in [2.24, 2.45) is 18.9 Å². The number of aromatic nitrogens is 2. The van der Waals surface area contributed by atoms with E-state index in [1.54, 1.807) is 0 Å². The molecule has 1 aliphatic rings. The minimum absolute atomic E-state index is 0.147. The molecule has 0 bridgehead atoms. The molecule has 2 atom stereocenters. The Hall–Kier alpha value is -1.70. The second-order valence-corrected chi connectivity index (χ2v) is 9.63. The molecule has 2 unspecified atom stereocenters. The van der Waals surface area contributed by atoms with Gasteiger partial charge in [-0.25, -0.2) is 4.98 Å². The Morgan fingerprint density at radius 2 is 2.00 bits per heavy atom. The summed E-state index contributed by atoms with van der Waals surface area (Å²) in [6.07, 6.45) is 1.30. The smallest absolute Gasteiger partial charge is 0.275 e. The highest BCUT2D eigenvalue weighted by atomic mass is 79.9. The lowest BCUT2D eigenvalue weighted by Crippen LogP contribution is -2.38. The Balaban J connectivity index is 1.48. The van der Waals surface area contributed by atoms with E-state index >= 15 is 0 Å². The fourth-order valence-corrected chi connectivity index (χ4v) is 5.82. The molecular formula is C21H25BrN4OS. The Morgan fingerprint density at radius 3 is 2.71 bits per heavy atom. The summed E-state index contributed by atoms with van der Waals surface area (Å²) < 4.78 is 2.73. The zero-order chi connectivity index (χ0) is 19.8. The van der Waals surface area contributed by atoms with Gasteiger partial charge < -0.3 is 4.57 Å². The third kappa shape index (κ3) is 3.88. The number of nitrogens with one attached hydrogen (secondary N) is 1. The summed E-state index contributed by atoms with van der Waals surface area (Å²) in [7, 11) is 1.91. The first kappa shape index (κ1) is 19.6. The van der Waals surface area contributed by atoms with Crippen molar-refractivity contribution in [3.05, 3.63) is 45.5 Å². The van der Waals surface area contributed by atoms with Gasteiger partial charge in [-0.3, -0.25) is 15.0 Å². The molecule has 7 heteroatoms. The molecule has 1 N–H and O–H groups in total. The first-order valence-corrected chi connectivity index (χ1v) is 11.3. The van der Waals surface area contributed by atoms with Crippen LogP contribution in [0.5, 0.6) is 0 Å². The maximum Gasteiger partial charge on any atom is 0.275 e. The van der Waals surface area contributed by atoms with E-state index < -0.39 is 0 Å². The van der Waals surface area contributed by atoms with Gasteiger partial charge in [0.2, 0.25) is 0 Å². The molecule has 148 valence electrons. The number of carbonyl (C=O) groups is 1. The second-order valence-electron chi connectivity index (χ2n) is 7.98. The van der Waals surface area contributed by atoms with Gasteiger partial charge in [0.05, 0.1) is 10.2 Å². The van der Waals surface area contributed by atoms with Gasteiger partial charge in [-0.15, -0.1) is 11.3 Å². The van der Waals surface area contributed by atoms with E-state index in [1.165, 1.54) is 17.8 Å². The molecule has 1 aliphatic heterocycles.